The first-order chi connectivity index (χ1) is 9.95. The summed E-state index contributed by atoms with van der Waals surface area (Å²) in [6.45, 7) is 0.299. The zero-order chi connectivity index (χ0) is 15.0. The summed E-state index contributed by atoms with van der Waals surface area (Å²) < 4.78 is 39.8. The fourth-order valence-corrected chi connectivity index (χ4v) is 2.73. The summed E-state index contributed by atoms with van der Waals surface area (Å²) >= 11 is 0. The van der Waals surface area contributed by atoms with Crippen LogP contribution < -0.4 is 10.2 Å². The van der Waals surface area contributed by atoms with Gasteiger partial charge < -0.3 is 10.2 Å². The Morgan fingerprint density at radius 2 is 1.90 bits per heavy atom. The second-order valence-corrected chi connectivity index (χ2v) is 6.19. The van der Waals surface area contributed by atoms with Gasteiger partial charge in [0.05, 0.1) is 5.56 Å². The fraction of sp³-hybridized carbons (Fsp3) is 0.625. The predicted octanol–water partition coefficient (Wildman–Crippen LogP) is 3.95. The van der Waals surface area contributed by atoms with Gasteiger partial charge in [0.15, 0.2) is 0 Å². The van der Waals surface area contributed by atoms with E-state index in [2.05, 4.69) is 5.32 Å². The minimum Gasteiger partial charge on any atom is -0.372 e. The zero-order valence-corrected chi connectivity index (χ0v) is 12.2. The van der Waals surface area contributed by atoms with Crippen LogP contribution >= 0.6 is 0 Å². The second kappa shape index (κ2) is 5.52. The molecule has 0 amide bonds. The summed E-state index contributed by atoms with van der Waals surface area (Å²) in [7, 11) is 1.89. The van der Waals surface area contributed by atoms with Crippen molar-refractivity contribution in [2.24, 2.45) is 0 Å². The van der Waals surface area contributed by atoms with Crippen molar-refractivity contribution in [1.29, 1.82) is 0 Å². The lowest BCUT2D eigenvalue weighted by Crippen LogP contribution is -2.37. The molecule has 0 aliphatic heterocycles. The van der Waals surface area contributed by atoms with E-state index in [1.165, 1.54) is 12.5 Å². The largest absolute Gasteiger partial charge is 0.416 e. The maximum absolute atomic E-state index is 13.3. The third-order valence-corrected chi connectivity index (χ3v) is 4.59. The van der Waals surface area contributed by atoms with Crippen molar-refractivity contribution >= 4 is 5.69 Å². The molecule has 21 heavy (non-hydrogen) atoms. The third kappa shape index (κ3) is 3.34. The summed E-state index contributed by atoms with van der Waals surface area (Å²) in [5.41, 5.74) is 0.515. The van der Waals surface area contributed by atoms with E-state index < -0.39 is 11.7 Å². The van der Waals surface area contributed by atoms with Crippen LogP contribution in [0.2, 0.25) is 0 Å². The number of nitrogens with zero attached hydrogens (tertiary/aromatic N) is 1. The summed E-state index contributed by atoms with van der Waals surface area (Å²) in [4.78, 5) is 1.98. The minimum atomic E-state index is -4.29. The van der Waals surface area contributed by atoms with Gasteiger partial charge in [0.2, 0.25) is 0 Å². The highest BCUT2D eigenvalue weighted by atomic mass is 19.4. The van der Waals surface area contributed by atoms with Gasteiger partial charge in [-0.2, -0.15) is 13.2 Å². The van der Waals surface area contributed by atoms with Gasteiger partial charge in [-0.05, 0) is 49.8 Å². The Morgan fingerprint density at radius 1 is 1.19 bits per heavy atom. The maximum Gasteiger partial charge on any atom is 0.416 e. The molecule has 0 radical (unpaired) electrons. The van der Waals surface area contributed by atoms with E-state index in [0.29, 0.717) is 29.9 Å². The first-order valence-corrected chi connectivity index (χ1v) is 7.61. The average molecular weight is 298 g/mol. The summed E-state index contributed by atoms with van der Waals surface area (Å²) in [5.74, 6) is 0. The summed E-state index contributed by atoms with van der Waals surface area (Å²) in [5, 5.41) is 3.17. The lowest BCUT2D eigenvalue weighted by atomic mass is 9.91. The summed E-state index contributed by atoms with van der Waals surface area (Å²) in [6, 6.07) is 5.55. The molecule has 2 fully saturated rings. The van der Waals surface area contributed by atoms with E-state index in [-0.39, 0.29) is 0 Å². The van der Waals surface area contributed by atoms with Gasteiger partial charge in [0.1, 0.15) is 0 Å². The number of anilines is 1. The molecular formula is C16H21F3N2. The highest BCUT2D eigenvalue weighted by Gasteiger charge is 2.35. The van der Waals surface area contributed by atoms with Crippen molar-refractivity contribution in [2.75, 3.05) is 11.9 Å². The Hall–Kier alpha value is -1.23. The molecule has 0 aromatic heterocycles. The summed E-state index contributed by atoms with van der Waals surface area (Å²) in [6.07, 6.45) is 1.17. The average Bonchev–Trinajstić information content (AvgIpc) is 3.17. The minimum absolute atomic E-state index is 0.299. The van der Waals surface area contributed by atoms with E-state index in [0.717, 1.165) is 25.7 Å². The molecule has 3 rings (SSSR count). The van der Waals surface area contributed by atoms with Crippen LogP contribution in [-0.2, 0) is 12.7 Å². The van der Waals surface area contributed by atoms with Crippen molar-refractivity contribution in [3.8, 4) is 0 Å². The zero-order valence-electron chi connectivity index (χ0n) is 12.2. The normalized spacial score (nSPS) is 19.4. The number of hydrogen-bond acceptors (Lipinski definition) is 2. The number of halogens is 3. The van der Waals surface area contributed by atoms with Gasteiger partial charge in [-0.3, -0.25) is 0 Å². The Bertz CT molecular complexity index is 505. The standard InChI is InChI=1S/C16H21F3N2/c1-21(13-3-2-4-13)14-8-5-11(10-20-12-6-7-12)15(9-14)16(17,18)19/h5,8-9,12-13,20H,2-4,6-7,10H2,1H3. The van der Waals surface area contributed by atoms with E-state index in [4.69, 9.17) is 0 Å². The molecule has 0 unspecified atom stereocenters. The molecule has 2 aliphatic rings. The Labute approximate surface area is 123 Å². The van der Waals surface area contributed by atoms with Gasteiger partial charge in [-0.25, -0.2) is 0 Å². The topological polar surface area (TPSA) is 15.3 Å². The smallest absolute Gasteiger partial charge is 0.372 e. The number of nitrogens with one attached hydrogen (secondary N) is 1. The van der Waals surface area contributed by atoms with Gasteiger partial charge in [-0.1, -0.05) is 6.07 Å². The molecule has 1 N–H and O–H groups in total. The fourth-order valence-electron chi connectivity index (χ4n) is 2.73. The molecule has 0 spiro atoms. The third-order valence-electron chi connectivity index (χ3n) is 4.59. The lowest BCUT2D eigenvalue weighted by Gasteiger charge is -2.36. The first kappa shape index (κ1) is 14.7. The van der Waals surface area contributed by atoms with E-state index >= 15 is 0 Å². The highest BCUT2D eigenvalue weighted by molar-refractivity contribution is 5.52. The Kier molecular flexibility index (Phi) is 3.86. The van der Waals surface area contributed by atoms with E-state index in [1.807, 2.05) is 18.0 Å². The molecule has 2 saturated carbocycles. The molecule has 1 aromatic carbocycles. The van der Waals surface area contributed by atoms with Crippen LogP contribution in [0.5, 0.6) is 0 Å². The molecular weight excluding hydrogens is 277 g/mol. The monoisotopic (exact) mass is 298 g/mol. The maximum atomic E-state index is 13.3. The van der Waals surface area contributed by atoms with Crippen molar-refractivity contribution in [1.82, 2.24) is 5.32 Å². The van der Waals surface area contributed by atoms with E-state index in [9.17, 15) is 13.2 Å². The van der Waals surface area contributed by atoms with Crippen molar-refractivity contribution < 1.29 is 13.2 Å². The lowest BCUT2D eigenvalue weighted by molar-refractivity contribution is -0.138. The molecule has 0 bridgehead atoms. The molecule has 5 heteroatoms. The van der Waals surface area contributed by atoms with Crippen LogP contribution in [0.3, 0.4) is 0 Å². The van der Waals surface area contributed by atoms with Crippen LogP contribution in [0.15, 0.2) is 18.2 Å². The van der Waals surface area contributed by atoms with Gasteiger partial charge in [0, 0.05) is 31.4 Å². The number of hydrogen-bond donors (Lipinski definition) is 1. The van der Waals surface area contributed by atoms with Crippen molar-refractivity contribution in [3.63, 3.8) is 0 Å². The van der Waals surface area contributed by atoms with Crippen LogP contribution in [0, 0.1) is 0 Å². The molecule has 0 heterocycles. The van der Waals surface area contributed by atoms with Gasteiger partial charge in [-0.15, -0.1) is 0 Å². The highest BCUT2D eigenvalue weighted by Crippen LogP contribution is 2.36. The SMILES string of the molecule is CN(c1ccc(CNC2CC2)c(C(F)(F)F)c1)C1CCC1. The van der Waals surface area contributed by atoms with Crippen molar-refractivity contribution in [3.05, 3.63) is 29.3 Å². The molecule has 116 valence electrons. The van der Waals surface area contributed by atoms with Gasteiger partial charge in [0.25, 0.3) is 0 Å². The molecule has 0 saturated heterocycles. The number of rotatable bonds is 5. The second-order valence-electron chi connectivity index (χ2n) is 6.19. The van der Waals surface area contributed by atoms with Crippen LogP contribution in [0.1, 0.15) is 43.2 Å². The van der Waals surface area contributed by atoms with Crippen molar-refractivity contribution in [2.45, 2.75) is 56.9 Å². The molecule has 0 atom stereocenters. The van der Waals surface area contributed by atoms with Gasteiger partial charge >= 0.3 is 6.18 Å². The molecule has 2 nitrogen and oxygen atoms in total. The quantitative estimate of drug-likeness (QED) is 0.885. The first-order valence-electron chi connectivity index (χ1n) is 7.61. The van der Waals surface area contributed by atoms with Crippen LogP contribution in [-0.4, -0.2) is 19.1 Å². The number of alkyl halides is 3. The Morgan fingerprint density at radius 3 is 2.43 bits per heavy atom. The van der Waals surface area contributed by atoms with Crippen LogP contribution in [0.25, 0.3) is 0 Å². The van der Waals surface area contributed by atoms with E-state index in [1.54, 1.807) is 6.07 Å². The predicted molar refractivity (Wildman–Crippen MR) is 77.3 cm³/mol. The molecule has 1 aromatic rings. The Balaban J connectivity index is 1.82. The number of benzene rings is 1. The van der Waals surface area contributed by atoms with Crippen LogP contribution in [0.4, 0.5) is 18.9 Å². The molecule has 2 aliphatic carbocycles.